The van der Waals surface area contributed by atoms with Crippen molar-refractivity contribution >= 4 is 33.3 Å². The Kier molecular flexibility index (Phi) is 5.75. The third-order valence-corrected chi connectivity index (χ3v) is 8.37. The number of thiophene rings is 1. The number of fused-ring (bicyclic) bond motifs is 3. The van der Waals surface area contributed by atoms with E-state index in [-0.39, 0.29) is 5.56 Å². The predicted molar refractivity (Wildman–Crippen MR) is 120 cm³/mol. The molecule has 1 unspecified atom stereocenters. The van der Waals surface area contributed by atoms with Gasteiger partial charge in [0, 0.05) is 23.8 Å². The van der Waals surface area contributed by atoms with Crippen LogP contribution in [0.3, 0.4) is 0 Å². The fourth-order valence-corrected chi connectivity index (χ4v) is 6.76. The summed E-state index contributed by atoms with van der Waals surface area (Å²) in [5, 5.41) is 1.77. The number of thioether (sulfide) groups is 1. The zero-order valence-electron chi connectivity index (χ0n) is 16.6. The van der Waals surface area contributed by atoms with Crippen molar-refractivity contribution < 1.29 is 4.74 Å². The molecule has 0 radical (unpaired) electrons. The van der Waals surface area contributed by atoms with Gasteiger partial charge in [0.15, 0.2) is 5.16 Å². The van der Waals surface area contributed by atoms with Crippen LogP contribution in [-0.2, 0) is 30.5 Å². The highest BCUT2D eigenvalue weighted by Crippen LogP contribution is 2.35. The van der Waals surface area contributed by atoms with Gasteiger partial charge in [-0.2, -0.15) is 0 Å². The first kappa shape index (κ1) is 19.3. The van der Waals surface area contributed by atoms with Gasteiger partial charge in [0.25, 0.3) is 5.56 Å². The fraction of sp³-hybridized carbons (Fsp3) is 0.478. The molecule has 0 bridgehead atoms. The highest BCUT2D eigenvalue weighted by molar-refractivity contribution is 7.99. The number of hydrogen-bond donors (Lipinski definition) is 0. The standard InChI is InChI=1S/C23H26N2O2S2/c26-22-20-18-8-4-5-9-19(18)29-21(20)24-23(28-15-17-11-13-27-14-17)25(22)12-10-16-6-2-1-3-7-16/h1-3,6-7,17H,4-5,8-15H2. The summed E-state index contributed by atoms with van der Waals surface area (Å²) < 4.78 is 7.47. The van der Waals surface area contributed by atoms with Gasteiger partial charge in [-0.25, -0.2) is 4.98 Å². The van der Waals surface area contributed by atoms with E-state index in [4.69, 9.17) is 9.72 Å². The summed E-state index contributed by atoms with van der Waals surface area (Å²) >= 11 is 3.48. The van der Waals surface area contributed by atoms with Gasteiger partial charge in [-0.05, 0) is 55.6 Å². The van der Waals surface area contributed by atoms with Crippen molar-refractivity contribution in [3.8, 4) is 0 Å². The van der Waals surface area contributed by atoms with Crippen molar-refractivity contribution in [2.24, 2.45) is 5.92 Å². The van der Waals surface area contributed by atoms with E-state index in [1.54, 1.807) is 23.1 Å². The molecular formula is C23H26N2O2S2. The van der Waals surface area contributed by atoms with Crippen LogP contribution in [0.5, 0.6) is 0 Å². The molecule has 1 saturated heterocycles. The van der Waals surface area contributed by atoms with Crippen molar-refractivity contribution in [3.63, 3.8) is 0 Å². The number of rotatable bonds is 6. The molecule has 1 aromatic carbocycles. The van der Waals surface area contributed by atoms with E-state index in [1.807, 2.05) is 10.6 Å². The topological polar surface area (TPSA) is 44.1 Å². The van der Waals surface area contributed by atoms with E-state index in [9.17, 15) is 4.79 Å². The number of ether oxygens (including phenoxy) is 1. The molecule has 2 aliphatic rings. The first-order chi connectivity index (χ1) is 14.3. The van der Waals surface area contributed by atoms with Crippen LogP contribution in [0, 0.1) is 5.92 Å². The van der Waals surface area contributed by atoms with E-state index >= 15 is 0 Å². The Hall–Kier alpha value is -1.63. The van der Waals surface area contributed by atoms with E-state index in [0.29, 0.717) is 12.5 Å². The van der Waals surface area contributed by atoms with Crippen molar-refractivity contribution in [2.75, 3.05) is 19.0 Å². The van der Waals surface area contributed by atoms with E-state index in [1.165, 1.54) is 28.8 Å². The Morgan fingerprint density at radius 2 is 2.07 bits per heavy atom. The van der Waals surface area contributed by atoms with Gasteiger partial charge < -0.3 is 4.74 Å². The first-order valence-corrected chi connectivity index (χ1v) is 12.4. The number of aryl methyl sites for hydroxylation is 3. The average Bonchev–Trinajstić information content (AvgIpc) is 3.40. The molecule has 1 atom stereocenters. The Morgan fingerprint density at radius 3 is 2.90 bits per heavy atom. The third kappa shape index (κ3) is 4.03. The maximum Gasteiger partial charge on any atom is 0.263 e. The lowest BCUT2D eigenvalue weighted by Gasteiger charge is -2.14. The van der Waals surface area contributed by atoms with Gasteiger partial charge in [0.05, 0.1) is 12.0 Å². The Labute approximate surface area is 179 Å². The van der Waals surface area contributed by atoms with E-state index < -0.39 is 0 Å². The Balaban J connectivity index is 1.51. The van der Waals surface area contributed by atoms with Gasteiger partial charge in [-0.1, -0.05) is 42.1 Å². The number of benzene rings is 1. The lowest BCUT2D eigenvalue weighted by Crippen LogP contribution is -2.25. The maximum atomic E-state index is 13.6. The predicted octanol–water partition coefficient (Wildman–Crippen LogP) is 4.71. The molecule has 0 spiro atoms. The molecule has 2 aromatic heterocycles. The van der Waals surface area contributed by atoms with Crippen molar-refractivity contribution in [2.45, 2.75) is 50.2 Å². The zero-order chi connectivity index (χ0) is 19.6. The Morgan fingerprint density at radius 1 is 1.21 bits per heavy atom. The quantitative estimate of drug-likeness (QED) is 0.423. The fourth-order valence-electron chi connectivity index (χ4n) is 4.32. The molecular weight excluding hydrogens is 400 g/mol. The van der Waals surface area contributed by atoms with E-state index in [0.717, 1.165) is 60.0 Å². The van der Waals surface area contributed by atoms with Crippen LogP contribution >= 0.6 is 23.1 Å². The molecule has 1 aliphatic heterocycles. The van der Waals surface area contributed by atoms with Gasteiger partial charge in [0.2, 0.25) is 0 Å². The normalized spacial score (nSPS) is 19.0. The molecule has 1 aliphatic carbocycles. The largest absolute Gasteiger partial charge is 0.381 e. The molecule has 3 aromatic rings. The number of nitrogens with zero attached hydrogens (tertiary/aromatic N) is 2. The second kappa shape index (κ2) is 8.62. The second-order valence-electron chi connectivity index (χ2n) is 8.02. The summed E-state index contributed by atoms with van der Waals surface area (Å²) in [4.78, 5) is 20.9. The molecule has 5 rings (SSSR count). The van der Waals surface area contributed by atoms with Gasteiger partial charge in [-0.3, -0.25) is 9.36 Å². The smallest absolute Gasteiger partial charge is 0.263 e. The van der Waals surface area contributed by atoms with Crippen molar-refractivity contribution in [1.29, 1.82) is 0 Å². The number of hydrogen-bond acceptors (Lipinski definition) is 5. The highest BCUT2D eigenvalue weighted by atomic mass is 32.2. The minimum absolute atomic E-state index is 0.163. The van der Waals surface area contributed by atoms with Crippen LogP contribution in [0.2, 0.25) is 0 Å². The monoisotopic (exact) mass is 426 g/mol. The molecule has 4 nitrogen and oxygen atoms in total. The lowest BCUT2D eigenvalue weighted by molar-refractivity contribution is 0.189. The summed E-state index contributed by atoms with van der Waals surface area (Å²) in [6, 6.07) is 10.4. The molecule has 3 heterocycles. The number of aromatic nitrogens is 2. The zero-order valence-corrected chi connectivity index (χ0v) is 18.2. The summed E-state index contributed by atoms with van der Waals surface area (Å²) in [5.41, 5.74) is 2.70. The molecule has 0 amide bonds. The molecule has 0 N–H and O–H groups in total. The maximum absolute atomic E-state index is 13.6. The van der Waals surface area contributed by atoms with Gasteiger partial charge in [0.1, 0.15) is 4.83 Å². The van der Waals surface area contributed by atoms with Crippen molar-refractivity contribution in [1.82, 2.24) is 9.55 Å². The Bertz CT molecular complexity index is 1050. The summed E-state index contributed by atoms with van der Waals surface area (Å²) in [6.07, 6.45) is 6.49. The minimum atomic E-state index is 0.163. The van der Waals surface area contributed by atoms with Crippen LogP contribution in [-0.4, -0.2) is 28.5 Å². The second-order valence-corrected chi connectivity index (χ2v) is 10.1. The highest BCUT2D eigenvalue weighted by Gasteiger charge is 2.23. The van der Waals surface area contributed by atoms with E-state index in [2.05, 4.69) is 24.3 Å². The average molecular weight is 427 g/mol. The van der Waals surface area contributed by atoms with Crippen LogP contribution in [0.1, 0.15) is 35.3 Å². The van der Waals surface area contributed by atoms with Crippen LogP contribution < -0.4 is 5.56 Å². The molecule has 6 heteroatoms. The first-order valence-electron chi connectivity index (χ1n) is 10.6. The van der Waals surface area contributed by atoms with Crippen molar-refractivity contribution in [3.05, 3.63) is 56.7 Å². The van der Waals surface area contributed by atoms with Crippen LogP contribution in [0.4, 0.5) is 0 Å². The molecule has 0 saturated carbocycles. The SMILES string of the molecule is O=c1c2c3c(sc2nc(SCC2CCOC2)n1CCc1ccccc1)CCCC3. The summed E-state index contributed by atoms with van der Waals surface area (Å²) in [5.74, 6) is 1.53. The minimum Gasteiger partial charge on any atom is -0.381 e. The summed E-state index contributed by atoms with van der Waals surface area (Å²) in [7, 11) is 0. The van der Waals surface area contributed by atoms with Gasteiger partial charge >= 0.3 is 0 Å². The third-order valence-electron chi connectivity index (χ3n) is 5.98. The van der Waals surface area contributed by atoms with Crippen LogP contribution in [0.15, 0.2) is 40.3 Å². The van der Waals surface area contributed by atoms with Gasteiger partial charge in [-0.15, -0.1) is 11.3 Å². The lowest BCUT2D eigenvalue weighted by atomic mass is 9.97. The summed E-state index contributed by atoms with van der Waals surface area (Å²) in [6.45, 7) is 2.37. The molecule has 152 valence electrons. The molecule has 29 heavy (non-hydrogen) atoms. The molecule has 1 fully saturated rings. The van der Waals surface area contributed by atoms with Crippen LogP contribution in [0.25, 0.3) is 10.2 Å².